The minimum atomic E-state index is -1.26. The molecule has 2 aromatic heterocycles. The van der Waals surface area contributed by atoms with Crippen LogP contribution in [-0.4, -0.2) is 47.7 Å². The van der Waals surface area contributed by atoms with Gasteiger partial charge in [0.15, 0.2) is 0 Å². The largest absolute Gasteiger partial charge is 0.462 e. The lowest BCUT2D eigenvalue weighted by atomic mass is 10.0. The number of rotatable bonds is 10. The van der Waals surface area contributed by atoms with Crippen molar-refractivity contribution in [3.63, 3.8) is 0 Å². The molecule has 1 N–H and O–H groups in total. The summed E-state index contributed by atoms with van der Waals surface area (Å²) < 4.78 is 27.7. The molecule has 0 unspecified atom stereocenters. The van der Waals surface area contributed by atoms with E-state index in [0.717, 1.165) is 12.1 Å². The van der Waals surface area contributed by atoms with Gasteiger partial charge in [0.05, 0.1) is 23.3 Å². The molecule has 1 aromatic carbocycles. The number of halogens is 1. The Morgan fingerprint density at radius 1 is 1.26 bits per heavy atom. The number of anilines is 1. The van der Waals surface area contributed by atoms with Gasteiger partial charge in [-0.2, -0.15) is 0 Å². The van der Waals surface area contributed by atoms with Crippen molar-refractivity contribution in [2.24, 2.45) is 0 Å². The Balaban J connectivity index is 2.09. The molecule has 0 aliphatic rings. The zero-order chi connectivity index (χ0) is 24.9. The highest BCUT2D eigenvalue weighted by molar-refractivity contribution is 6.76. The van der Waals surface area contributed by atoms with Gasteiger partial charge in [0.25, 0.3) is 0 Å². The topological polar surface area (TPSA) is 95.3 Å². The number of fused-ring (bicyclic) bond motifs is 1. The molecule has 180 valence electrons. The predicted octanol–water partition coefficient (Wildman–Crippen LogP) is 4.85. The maximum absolute atomic E-state index is 14.9. The number of carbonyl (C=O) groups excluding carboxylic acids is 2. The fourth-order valence-electron chi connectivity index (χ4n) is 3.31. The second kappa shape index (κ2) is 10.7. The molecule has 8 nitrogen and oxygen atoms in total. The van der Waals surface area contributed by atoms with E-state index in [2.05, 4.69) is 41.5 Å². The summed E-state index contributed by atoms with van der Waals surface area (Å²) in [7, 11) is -1.26. The van der Waals surface area contributed by atoms with Crippen LogP contribution in [0.15, 0.2) is 43.4 Å². The van der Waals surface area contributed by atoms with Crippen molar-refractivity contribution in [2.75, 3.05) is 18.5 Å². The fourth-order valence-corrected chi connectivity index (χ4v) is 4.07. The highest BCUT2D eigenvalue weighted by Crippen LogP contribution is 2.33. The Bertz CT molecular complexity index is 1220. The average Bonchev–Trinajstić information content (AvgIpc) is 3.16. The Kier molecular flexibility index (Phi) is 7.95. The molecule has 0 bridgehead atoms. The quantitative estimate of drug-likeness (QED) is 0.191. The first-order chi connectivity index (χ1) is 16.1. The van der Waals surface area contributed by atoms with Gasteiger partial charge in [-0.1, -0.05) is 26.2 Å². The molecular formula is C24H29FN4O4Si. The summed E-state index contributed by atoms with van der Waals surface area (Å²) in [6, 6.07) is 5.10. The standard InChI is InChI=1S/C24H29FN4O4Si/c1-6-20(30)28-16-8-9-19(25)17(12-16)22-21-18(24(31)33-7-2)13-29(23(21)27-14-26-22)15-32-10-11-34(3,4)5/h6,8-9,12-14H,1,7,10-11,15H2,2-5H3,(H,28,30). The highest BCUT2D eigenvalue weighted by atomic mass is 28.3. The number of nitrogens with one attached hydrogen (secondary N) is 1. The first kappa shape index (κ1) is 25.3. The molecule has 10 heteroatoms. The summed E-state index contributed by atoms with van der Waals surface area (Å²) in [5, 5.41) is 2.95. The van der Waals surface area contributed by atoms with E-state index < -0.39 is 25.8 Å². The highest BCUT2D eigenvalue weighted by Gasteiger charge is 2.23. The predicted molar refractivity (Wildman–Crippen MR) is 132 cm³/mol. The van der Waals surface area contributed by atoms with E-state index in [1.165, 1.54) is 24.5 Å². The van der Waals surface area contributed by atoms with Crippen molar-refractivity contribution in [3.8, 4) is 11.3 Å². The van der Waals surface area contributed by atoms with Crippen LogP contribution in [0.25, 0.3) is 22.3 Å². The van der Waals surface area contributed by atoms with Crippen LogP contribution in [0.5, 0.6) is 0 Å². The molecule has 2 heterocycles. The van der Waals surface area contributed by atoms with Crippen molar-refractivity contribution >= 4 is 36.7 Å². The zero-order valence-corrected chi connectivity index (χ0v) is 20.9. The number of esters is 1. The second-order valence-electron chi connectivity index (χ2n) is 8.89. The van der Waals surface area contributed by atoms with E-state index >= 15 is 0 Å². The number of hydrogen-bond acceptors (Lipinski definition) is 6. The molecule has 34 heavy (non-hydrogen) atoms. The van der Waals surface area contributed by atoms with Gasteiger partial charge in [0.1, 0.15) is 24.5 Å². The lowest BCUT2D eigenvalue weighted by Gasteiger charge is -2.15. The van der Waals surface area contributed by atoms with Gasteiger partial charge >= 0.3 is 5.97 Å². The number of amides is 1. The van der Waals surface area contributed by atoms with Crippen molar-refractivity contribution < 1.29 is 23.5 Å². The van der Waals surface area contributed by atoms with E-state index in [-0.39, 0.29) is 30.2 Å². The van der Waals surface area contributed by atoms with Crippen LogP contribution in [0.1, 0.15) is 17.3 Å². The second-order valence-corrected chi connectivity index (χ2v) is 14.5. The summed E-state index contributed by atoms with van der Waals surface area (Å²) in [5.74, 6) is -1.56. The number of hydrogen-bond donors (Lipinski definition) is 1. The van der Waals surface area contributed by atoms with Crippen molar-refractivity contribution in [3.05, 3.63) is 54.8 Å². The van der Waals surface area contributed by atoms with Gasteiger partial charge < -0.3 is 19.4 Å². The molecule has 0 spiro atoms. The Morgan fingerprint density at radius 2 is 2.03 bits per heavy atom. The fraction of sp³-hybridized carbons (Fsp3) is 0.333. The minimum absolute atomic E-state index is 0.109. The number of carbonyl (C=O) groups is 2. The zero-order valence-electron chi connectivity index (χ0n) is 19.9. The van der Waals surface area contributed by atoms with Crippen LogP contribution < -0.4 is 5.32 Å². The van der Waals surface area contributed by atoms with Gasteiger partial charge in [-0.15, -0.1) is 0 Å². The van der Waals surface area contributed by atoms with Gasteiger partial charge in [-0.05, 0) is 37.2 Å². The van der Waals surface area contributed by atoms with Crippen LogP contribution in [0.4, 0.5) is 10.1 Å². The van der Waals surface area contributed by atoms with E-state index in [1.807, 2.05) is 0 Å². The summed E-state index contributed by atoms with van der Waals surface area (Å²) in [5.41, 5.74) is 1.31. The molecular weight excluding hydrogens is 455 g/mol. The molecule has 0 saturated heterocycles. The van der Waals surface area contributed by atoms with E-state index in [1.54, 1.807) is 17.7 Å². The van der Waals surface area contributed by atoms with Crippen molar-refractivity contribution in [1.29, 1.82) is 0 Å². The Labute approximate surface area is 198 Å². The third kappa shape index (κ3) is 5.94. The summed E-state index contributed by atoms with van der Waals surface area (Å²) in [6.45, 7) is 12.9. The van der Waals surface area contributed by atoms with E-state index in [9.17, 15) is 14.0 Å². The maximum atomic E-state index is 14.9. The normalized spacial score (nSPS) is 11.4. The van der Waals surface area contributed by atoms with Crippen LogP contribution in [0.3, 0.4) is 0 Å². The molecule has 0 atom stereocenters. The molecule has 0 aliphatic heterocycles. The number of benzene rings is 1. The third-order valence-corrected chi connectivity index (χ3v) is 6.75. The molecule has 0 saturated carbocycles. The minimum Gasteiger partial charge on any atom is -0.462 e. The molecule has 3 rings (SSSR count). The third-order valence-electron chi connectivity index (χ3n) is 5.05. The van der Waals surface area contributed by atoms with E-state index in [4.69, 9.17) is 9.47 Å². The average molecular weight is 485 g/mol. The molecule has 3 aromatic rings. The first-order valence-corrected chi connectivity index (χ1v) is 14.7. The van der Waals surface area contributed by atoms with Crippen LogP contribution >= 0.6 is 0 Å². The number of aromatic nitrogens is 3. The number of ether oxygens (including phenoxy) is 2. The molecule has 0 aliphatic carbocycles. The summed E-state index contributed by atoms with van der Waals surface area (Å²) in [4.78, 5) is 33.1. The van der Waals surface area contributed by atoms with Gasteiger partial charge in [0.2, 0.25) is 5.91 Å². The lowest BCUT2D eigenvalue weighted by molar-refractivity contribution is -0.111. The summed E-state index contributed by atoms with van der Waals surface area (Å²) in [6.07, 6.45) is 4.02. The van der Waals surface area contributed by atoms with Crippen LogP contribution in [0, 0.1) is 5.82 Å². The maximum Gasteiger partial charge on any atom is 0.340 e. The van der Waals surface area contributed by atoms with Gasteiger partial charge in [0, 0.05) is 32.1 Å². The number of nitrogens with zero attached hydrogens (tertiary/aromatic N) is 3. The molecule has 0 radical (unpaired) electrons. The summed E-state index contributed by atoms with van der Waals surface area (Å²) >= 11 is 0. The van der Waals surface area contributed by atoms with Crippen LogP contribution in [-0.2, 0) is 21.0 Å². The SMILES string of the molecule is C=CC(=O)Nc1ccc(F)c(-c2ncnc3c2c(C(=O)OCC)cn3COCC[Si](C)(C)C)c1. The van der Waals surface area contributed by atoms with E-state index in [0.29, 0.717) is 23.3 Å². The van der Waals surface area contributed by atoms with Gasteiger partial charge in [-0.3, -0.25) is 4.79 Å². The Morgan fingerprint density at radius 3 is 2.71 bits per heavy atom. The first-order valence-electron chi connectivity index (χ1n) is 11.0. The van der Waals surface area contributed by atoms with Gasteiger partial charge in [-0.25, -0.2) is 19.2 Å². The molecule has 0 fully saturated rings. The monoisotopic (exact) mass is 484 g/mol. The Hall–Kier alpha value is -3.37. The van der Waals surface area contributed by atoms with Crippen molar-refractivity contribution in [2.45, 2.75) is 39.3 Å². The molecule has 1 amide bonds. The smallest absolute Gasteiger partial charge is 0.340 e. The lowest BCUT2D eigenvalue weighted by Crippen LogP contribution is -2.22. The van der Waals surface area contributed by atoms with Crippen molar-refractivity contribution in [1.82, 2.24) is 14.5 Å². The van der Waals surface area contributed by atoms with Crippen LogP contribution in [0.2, 0.25) is 25.7 Å².